The van der Waals surface area contributed by atoms with Gasteiger partial charge in [-0.3, -0.25) is 5.41 Å². The van der Waals surface area contributed by atoms with E-state index in [2.05, 4.69) is 0 Å². The zero-order valence-corrected chi connectivity index (χ0v) is 11.8. The molecule has 0 aliphatic carbocycles. The number of benzene rings is 2. The second-order valence-electron chi connectivity index (χ2n) is 4.15. The van der Waals surface area contributed by atoms with Gasteiger partial charge in [0.25, 0.3) is 0 Å². The molecule has 0 aliphatic rings. The van der Waals surface area contributed by atoms with Gasteiger partial charge in [-0.25, -0.2) is 0 Å². The maximum atomic E-state index is 7.66. The highest BCUT2D eigenvalue weighted by Gasteiger charge is 2.10. The quantitative estimate of drug-likeness (QED) is 0.662. The molecule has 4 heteroatoms. The van der Waals surface area contributed by atoms with Gasteiger partial charge in [-0.1, -0.05) is 36.0 Å². The molecular weight excluding hydrogens is 256 g/mol. The number of nitrogens with two attached hydrogens (primary N) is 1. The fourth-order valence-electron chi connectivity index (χ4n) is 1.78. The molecule has 2 aromatic rings. The molecule has 19 heavy (non-hydrogen) atoms. The highest BCUT2D eigenvalue weighted by molar-refractivity contribution is 7.99. The summed E-state index contributed by atoms with van der Waals surface area (Å²) in [6.07, 6.45) is 0. The number of methoxy groups -OCH3 is 1. The summed E-state index contributed by atoms with van der Waals surface area (Å²) < 4.78 is 5.22. The van der Waals surface area contributed by atoms with Gasteiger partial charge in [-0.2, -0.15) is 0 Å². The summed E-state index contributed by atoms with van der Waals surface area (Å²) in [6, 6.07) is 13.7. The minimum absolute atomic E-state index is 0.0918. The van der Waals surface area contributed by atoms with E-state index in [0.29, 0.717) is 0 Å². The van der Waals surface area contributed by atoms with E-state index < -0.39 is 0 Å². The van der Waals surface area contributed by atoms with Crippen LogP contribution in [0.1, 0.15) is 11.1 Å². The molecule has 0 bridgehead atoms. The van der Waals surface area contributed by atoms with Crippen LogP contribution in [0, 0.1) is 12.3 Å². The Morgan fingerprint density at radius 1 is 1.21 bits per heavy atom. The van der Waals surface area contributed by atoms with Crippen molar-refractivity contribution in [2.75, 3.05) is 7.11 Å². The predicted octanol–water partition coefficient (Wildman–Crippen LogP) is 3.44. The molecule has 0 aromatic heterocycles. The monoisotopic (exact) mass is 272 g/mol. The topological polar surface area (TPSA) is 59.1 Å². The van der Waals surface area contributed by atoms with Crippen LogP contribution in [-0.2, 0) is 0 Å². The van der Waals surface area contributed by atoms with E-state index in [9.17, 15) is 0 Å². The minimum atomic E-state index is 0.0918. The fourth-order valence-corrected chi connectivity index (χ4v) is 2.86. The zero-order valence-electron chi connectivity index (χ0n) is 10.9. The van der Waals surface area contributed by atoms with Gasteiger partial charge in [0.05, 0.1) is 7.11 Å². The summed E-state index contributed by atoms with van der Waals surface area (Å²) in [5.74, 6) is 0.914. The van der Waals surface area contributed by atoms with Crippen LogP contribution in [0.5, 0.6) is 5.75 Å². The second-order valence-corrected chi connectivity index (χ2v) is 5.23. The van der Waals surface area contributed by atoms with Crippen LogP contribution < -0.4 is 10.5 Å². The summed E-state index contributed by atoms with van der Waals surface area (Å²) in [5.41, 5.74) is 7.52. The van der Waals surface area contributed by atoms with E-state index in [1.165, 1.54) is 0 Å². The lowest BCUT2D eigenvalue weighted by Gasteiger charge is -2.11. The summed E-state index contributed by atoms with van der Waals surface area (Å²) in [5, 5.41) is 7.66. The van der Waals surface area contributed by atoms with E-state index in [0.717, 1.165) is 26.7 Å². The van der Waals surface area contributed by atoms with E-state index in [4.69, 9.17) is 15.9 Å². The first kappa shape index (κ1) is 13.5. The summed E-state index contributed by atoms with van der Waals surface area (Å²) in [6.45, 7) is 2.02. The van der Waals surface area contributed by atoms with Gasteiger partial charge in [0.15, 0.2) is 0 Å². The van der Waals surface area contributed by atoms with Crippen LogP contribution in [0.3, 0.4) is 0 Å². The molecule has 0 amide bonds. The first-order valence-corrected chi connectivity index (χ1v) is 6.69. The highest BCUT2D eigenvalue weighted by Crippen LogP contribution is 2.34. The molecule has 2 aromatic carbocycles. The van der Waals surface area contributed by atoms with Crippen LogP contribution in [0.25, 0.3) is 0 Å². The van der Waals surface area contributed by atoms with E-state index in [1.807, 2.05) is 49.4 Å². The third kappa shape index (κ3) is 3.09. The average Bonchev–Trinajstić information content (AvgIpc) is 2.41. The first-order valence-electron chi connectivity index (χ1n) is 5.87. The van der Waals surface area contributed by atoms with Crippen LogP contribution in [-0.4, -0.2) is 12.9 Å². The Kier molecular flexibility index (Phi) is 4.12. The van der Waals surface area contributed by atoms with Gasteiger partial charge >= 0.3 is 0 Å². The number of rotatable bonds is 4. The molecule has 0 unspecified atom stereocenters. The maximum Gasteiger partial charge on any atom is 0.123 e. The minimum Gasteiger partial charge on any atom is -0.497 e. The van der Waals surface area contributed by atoms with Crippen molar-refractivity contribution >= 4 is 17.6 Å². The third-order valence-electron chi connectivity index (χ3n) is 2.76. The number of hydrogen-bond acceptors (Lipinski definition) is 3. The lowest BCUT2D eigenvalue weighted by atomic mass is 10.1. The summed E-state index contributed by atoms with van der Waals surface area (Å²) in [4.78, 5) is 2.08. The van der Waals surface area contributed by atoms with Crippen molar-refractivity contribution in [1.29, 1.82) is 5.41 Å². The standard InChI is InChI=1S/C15H16N2OS/c1-10-5-3-8-13(15(16)17)14(10)19-12-7-4-6-11(9-12)18-2/h3-9H,1-2H3,(H3,16,17). The highest BCUT2D eigenvalue weighted by atomic mass is 32.2. The molecule has 0 saturated carbocycles. The van der Waals surface area contributed by atoms with E-state index >= 15 is 0 Å². The zero-order chi connectivity index (χ0) is 13.8. The smallest absolute Gasteiger partial charge is 0.123 e. The molecular formula is C15H16N2OS. The van der Waals surface area contributed by atoms with E-state index in [-0.39, 0.29) is 5.84 Å². The Labute approximate surface area is 117 Å². The number of aryl methyl sites for hydroxylation is 1. The van der Waals surface area contributed by atoms with E-state index in [1.54, 1.807) is 18.9 Å². The van der Waals surface area contributed by atoms with Gasteiger partial charge in [-0.15, -0.1) is 0 Å². The number of hydrogen-bond donors (Lipinski definition) is 2. The van der Waals surface area contributed by atoms with Crippen molar-refractivity contribution in [3.63, 3.8) is 0 Å². The molecule has 0 spiro atoms. The third-order valence-corrected chi connectivity index (χ3v) is 4.00. The normalized spacial score (nSPS) is 10.2. The Morgan fingerprint density at radius 3 is 2.63 bits per heavy atom. The molecule has 0 radical (unpaired) electrons. The van der Waals surface area contributed by atoms with Gasteiger partial charge in [0.1, 0.15) is 11.6 Å². The molecule has 0 atom stereocenters. The van der Waals surface area contributed by atoms with Crippen molar-refractivity contribution in [3.8, 4) is 5.75 Å². The predicted molar refractivity (Wildman–Crippen MR) is 79.3 cm³/mol. The Morgan fingerprint density at radius 2 is 1.95 bits per heavy atom. The Balaban J connectivity index is 2.40. The number of nitrogens with one attached hydrogen (secondary N) is 1. The van der Waals surface area contributed by atoms with Gasteiger partial charge in [0.2, 0.25) is 0 Å². The second kappa shape index (κ2) is 5.80. The Bertz CT molecular complexity index is 611. The number of ether oxygens (including phenoxy) is 1. The molecule has 3 N–H and O–H groups in total. The molecule has 0 heterocycles. The van der Waals surface area contributed by atoms with Crippen molar-refractivity contribution in [3.05, 3.63) is 53.6 Å². The molecule has 3 nitrogen and oxygen atoms in total. The maximum absolute atomic E-state index is 7.66. The van der Waals surface area contributed by atoms with Gasteiger partial charge in [0, 0.05) is 15.4 Å². The number of nitrogen functional groups attached to an aromatic ring is 1. The van der Waals surface area contributed by atoms with Crippen molar-refractivity contribution < 1.29 is 4.74 Å². The van der Waals surface area contributed by atoms with Gasteiger partial charge < -0.3 is 10.5 Å². The van der Waals surface area contributed by atoms with Crippen molar-refractivity contribution in [2.24, 2.45) is 5.73 Å². The van der Waals surface area contributed by atoms with Crippen molar-refractivity contribution in [1.82, 2.24) is 0 Å². The lowest BCUT2D eigenvalue weighted by molar-refractivity contribution is 0.413. The molecule has 0 aliphatic heterocycles. The molecule has 2 rings (SSSR count). The van der Waals surface area contributed by atoms with Crippen LogP contribution in [0.2, 0.25) is 0 Å². The molecule has 0 fully saturated rings. The lowest BCUT2D eigenvalue weighted by Crippen LogP contribution is -2.12. The first-order chi connectivity index (χ1) is 9.11. The number of amidine groups is 1. The summed E-state index contributed by atoms with van der Waals surface area (Å²) in [7, 11) is 1.65. The largest absolute Gasteiger partial charge is 0.497 e. The average molecular weight is 272 g/mol. The van der Waals surface area contributed by atoms with Crippen LogP contribution in [0.4, 0.5) is 0 Å². The Hall–Kier alpha value is -1.94. The molecule has 98 valence electrons. The summed E-state index contributed by atoms with van der Waals surface area (Å²) >= 11 is 1.60. The van der Waals surface area contributed by atoms with Gasteiger partial charge in [-0.05, 0) is 30.7 Å². The van der Waals surface area contributed by atoms with Crippen LogP contribution >= 0.6 is 11.8 Å². The SMILES string of the molecule is COc1cccc(Sc2c(C)cccc2C(=N)N)c1. The van der Waals surface area contributed by atoms with Crippen molar-refractivity contribution in [2.45, 2.75) is 16.7 Å². The van der Waals surface area contributed by atoms with Crippen LogP contribution in [0.15, 0.2) is 52.3 Å². The fraction of sp³-hybridized carbons (Fsp3) is 0.133. The molecule has 0 saturated heterocycles.